The molecule has 676 valence electrons. The van der Waals surface area contributed by atoms with Gasteiger partial charge in [-0.1, -0.05) is 114 Å². The molecule has 1 saturated heterocycles. The van der Waals surface area contributed by atoms with Crippen molar-refractivity contribution in [2.75, 3.05) is 93.1 Å². The van der Waals surface area contributed by atoms with Crippen LogP contribution in [0.2, 0.25) is 0 Å². The lowest BCUT2D eigenvalue weighted by Crippen LogP contribution is -2.53. The molecule has 8 saturated carbocycles. The van der Waals surface area contributed by atoms with E-state index in [2.05, 4.69) is 158 Å². The minimum Gasteiger partial charge on any atom is -0.454 e. The van der Waals surface area contributed by atoms with Crippen molar-refractivity contribution in [2.24, 2.45) is 150 Å². The van der Waals surface area contributed by atoms with Crippen LogP contribution in [0, 0.1) is 144 Å². The van der Waals surface area contributed by atoms with Crippen LogP contribution in [-0.2, 0) is 65.6 Å². The lowest BCUT2D eigenvalue weighted by molar-refractivity contribution is -0.0709. The van der Waals surface area contributed by atoms with Crippen LogP contribution in [0.3, 0.4) is 0 Å². The highest BCUT2D eigenvalue weighted by Gasteiger charge is 2.62. The van der Waals surface area contributed by atoms with Crippen molar-refractivity contribution in [3.63, 3.8) is 0 Å². The highest BCUT2D eigenvalue weighted by Crippen LogP contribution is 2.68. The summed E-state index contributed by atoms with van der Waals surface area (Å²) in [6, 6.07) is 0. The molecule has 0 aromatic carbocycles. The number of aromatic nitrogens is 8. The number of amides is 1. The van der Waals surface area contributed by atoms with Gasteiger partial charge in [-0.15, -0.1) is 0 Å². The predicted molar refractivity (Wildman–Crippen MR) is 482 cm³/mol. The van der Waals surface area contributed by atoms with E-state index in [0.29, 0.717) is 95.7 Å². The fraction of sp³-hybridized carbons (Fsp3) is 0.796. The molecule has 13 aliphatic rings. The second kappa shape index (κ2) is 40.6. The second-order valence-corrected chi connectivity index (χ2v) is 41.6. The van der Waals surface area contributed by atoms with Gasteiger partial charge in [0, 0.05) is 80.6 Å². The number of nitrogens with zero attached hydrogens (tertiary/aromatic N) is 4. The number of halogens is 1. The zero-order valence-corrected chi connectivity index (χ0v) is 75.4. The highest BCUT2D eigenvalue weighted by atomic mass is 35.5. The van der Waals surface area contributed by atoms with Crippen molar-refractivity contribution in [3.8, 4) is 0 Å². The molecule has 0 unspecified atom stereocenters. The summed E-state index contributed by atoms with van der Waals surface area (Å²) >= 11 is 4.72. The van der Waals surface area contributed by atoms with Crippen LogP contribution in [-0.4, -0.2) is 166 Å². The van der Waals surface area contributed by atoms with Crippen LogP contribution in [0.4, 0.5) is 9.59 Å². The lowest BCUT2D eigenvalue weighted by Gasteiger charge is -2.56. The maximum atomic E-state index is 12.1. The van der Waals surface area contributed by atoms with Gasteiger partial charge in [-0.25, -0.2) is 9.59 Å². The minimum absolute atomic E-state index is 0. The maximum absolute atomic E-state index is 12.1. The average molecular weight is 1690 g/mol. The Kier molecular flexibility index (Phi) is 32.8. The molecular formula is C98H163ClN12O9. The van der Waals surface area contributed by atoms with E-state index in [0.717, 1.165) is 140 Å². The smallest absolute Gasteiger partial charge is 0.407 e. The van der Waals surface area contributed by atoms with Crippen molar-refractivity contribution < 1.29 is 44.2 Å². The summed E-state index contributed by atoms with van der Waals surface area (Å²) < 4.78 is 14.3. The lowest BCUT2D eigenvalue weighted by atomic mass is 9.49. The monoisotopic (exact) mass is 1690 g/mol. The van der Waals surface area contributed by atoms with E-state index in [1.165, 1.54) is 145 Å². The Morgan fingerprint density at radius 2 is 0.792 bits per heavy atom. The normalized spacial score (nSPS) is 39.1. The van der Waals surface area contributed by atoms with Crippen LogP contribution in [0.15, 0.2) is 61.2 Å². The molecule has 5 heterocycles. The number of aliphatic hydroxyl groups is 4. The number of aromatic amines is 4. The van der Waals surface area contributed by atoms with Gasteiger partial charge < -0.3 is 56.3 Å². The first-order chi connectivity index (χ1) is 56.4. The number of fused-ring (bicyclic) bond motifs is 8. The van der Waals surface area contributed by atoms with Crippen molar-refractivity contribution in [1.29, 1.82) is 0 Å². The zero-order chi connectivity index (χ0) is 84.9. The van der Waals surface area contributed by atoms with Crippen LogP contribution in [0.25, 0.3) is 0 Å². The average Bonchev–Trinajstić information content (AvgIpc) is 1.53. The fourth-order valence-electron chi connectivity index (χ4n) is 28.7. The van der Waals surface area contributed by atoms with Gasteiger partial charge in [0.15, 0.2) is 0 Å². The van der Waals surface area contributed by atoms with E-state index in [-0.39, 0.29) is 91.7 Å². The standard InChI is InChI=1S/C24H37N3O3.C22H37N3O.C22H35N3O.C21H33N3O.C4H8O.C3H5ClO2.2CH4/c1-5-30-22(29)25-13-18-19-7-6-15(2)23(19,3)9-8-20(18)24(4)11-16-12-26-27-21(16)10-17(24)14-28;2*1-14-5-6-18-17(12-23-4)19(7-8-21(14,18)2)22(3)10-15-11-24-25-20(15)9-16(22)13-26;1-13-4-5-17-16(10-22)18(6-7-20(13,17)2)21(3)9-14-11-23-24-19(14)8-15(21)12-25;1-2-4-5-3-1;1-2-6-3(4)5;;/h12,17-20,28H,2,5-11,13-14H2,1,3-4H3,(H,25,29)(H,26,27);11,14,16-19,23,26H,5-10,12-13H2,1-4H3,(H,24,25);11,16-19,23,26H,1,5-10,12-13H2,2-4H3,(H,24,25);11,15-18,25H,1,4-10,12,22H2,2-3H3,(H,23,24);1-4H2;2H2,1H3;2*1H4/t17-,18+,19+,20+,23-,24+;14-,16+,17-,18-,19-,21+,22-;16-,17+,18+,19+,21-,22+;15-,16+,17+,18+,20-,21+;;;;/m1011..../s1. The van der Waals surface area contributed by atoms with Gasteiger partial charge in [0.05, 0.1) is 38.0 Å². The number of carbonyl (C=O) groups excluding carboxylic acids is 2. The van der Waals surface area contributed by atoms with E-state index in [4.69, 9.17) is 26.8 Å². The number of rotatable bonds is 17. The van der Waals surface area contributed by atoms with Gasteiger partial charge in [-0.3, -0.25) is 20.4 Å². The third kappa shape index (κ3) is 18.7. The van der Waals surface area contributed by atoms with Crippen molar-refractivity contribution in [2.45, 2.75) is 258 Å². The fourth-order valence-corrected chi connectivity index (χ4v) is 28.8. The molecule has 25 atom stereocenters. The van der Waals surface area contributed by atoms with Gasteiger partial charge in [-0.2, -0.15) is 20.4 Å². The minimum atomic E-state index is -0.738. The zero-order valence-electron chi connectivity index (χ0n) is 74.7. The Labute approximate surface area is 727 Å². The first kappa shape index (κ1) is 97.0. The first-order valence-corrected chi connectivity index (χ1v) is 46.6. The molecule has 1 amide bonds. The van der Waals surface area contributed by atoms with Crippen LogP contribution < -0.4 is 21.7 Å². The summed E-state index contributed by atoms with van der Waals surface area (Å²) in [6.45, 7) is 46.1. The summed E-state index contributed by atoms with van der Waals surface area (Å²) in [5.74, 6) is 9.25. The summed E-state index contributed by atoms with van der Waals surface area (Å²) in [5, 5.41) is 80.8. The Bertz CT molecular complexity index is 3990. The molecule has 0 spiro atoms. The Morgan fingerprint density at radius 1 is 0.475 bits per heavy atom. The third-order valence-corrected chi connectivity index (χ3v) is 36.5. The number of alkyl carbamates (subject to hydrolysis) is 1. The van der Waals surface area contributed by atoms with E-state index in [1.54, 1.807) is 6.92 Å². The molecule has 9 fully saturated rings. The Morgan fingerprint density at radius 3 is 1.09 bits per heavy atom. The summed E-state index contributed by atoms with van der Waals surface area (Å²) in [7, 11) is 4.20. The Balaban J connectivity index is 0.000000160. The number of aliphatic hydroxyl groups excluding tert-OH is 4. The first-order valence-electron chi connectivity index (χ1n) is 46.2. The molecule has 4 aromatic rings. The predicted octanol–water partition coefficient (Wildman–Crippen LogP) is 17.2. The number of carbonyl (C=O) groups is 2. The van der Waals surface area contributed by atoms with E-state index >= 15 is 0 Å². The van der Waals surface area contributed by atoms with Gasteiger partial charge in [-0.05, 0) is 381 Å². The summed E-state index contributed by atoms with van der Waals surface area (Å²) in [6.07, 6.45) is 37.6. The molecule has 12 aliphatic carbocycles. The number of allylic oxidation sites excluding steroid dienone is 3. The van der Waals surface area contributed by atoms with Gasteiger partial charge in [0.2, 0.25) is 0 Å². The summed E-state index contributed by atoms with van der Waals surface area (Å²) in [4.78, 5) is 21.7. The number of hydrogen-bond donors (Lipinski definition) is 12. The van der Waals surface area contributed by atoms with Crippen molar-refractivity contribution in [1.82, 2.24) is 56.7 Å². The number of ether oxygens (including phenoxy) is 3. The Hall–Kier alpha value is -5.23. The van der Waals surface area contributed by atoms with Crippen LogP contribution >= 0.6 is 11.6 Å². The van der Waals surface area contributed by atoms with E-state index < -0.39 is 5.43 Å². The number of H-pyrrole nitrogens is 4. The topological polar surface area (TPSA) is 320 Å². The van der Waals surface area contributed by atoms with E-state index in [9.17, 15) is 30.0 Å². The molecule has 17 rings (SSSR count). The SMILES string of the molecule is C.C.C1CCOC1.C=C1CC[C@H]2[C@H](CN)[C@@H]([C@@]3(C)Cc4cn[nH]c4C[C@@H]3CO)CC[C@]12C.C=C1CC[C@H]2[C@H](CNC(=O)OCC)[C@@H]([C@@]3(C)Cc4cn[nH]c4C[C@@H]3CO)CC[C@]12C.C=C1CC[C@H]2[C@H](CNC)[C@@H]([C@@]3(C)Cc4cn[nH]c4C[C@@H]3CO)CC[C@]12C.CCOC(=O)Cl.CNC[C@@H]1[C@@H]([C@@]2(C)Cc3cn[nH]c3C[C@@H]2CO)CC[C@]2(C)[C@@H](C)CC[C@@H]12. The molecule has 1 aliphatic heterocycles. The molecule has 0 bridgehead atoms. The highest BCUT2D eigenvalue weighted by molar-refractivity contribution is 6.61. The van der Waals surface area contributed by atoms with Crippen LogP contribution in [0.5, 0.6) is 0 Å². The second-order valence-electron chi connectivity index (χ2n) is 41.3. The summed E-state index contributed by atoms with van der Waals surface area (Å²) in [5.41, 5.74) is 21.8. The number of nitrogens with one attached hydrogen (secondary N) is 7. The molecule has 21 nitrogen and oxygen atoms in total. The molecule has 120 heavy (non-hydrogen) atoms. The molecule has 22 heteroatoms. The number of nitrogens with two attached hydrogens (primary N) is 1. The van der Waals surface area contributed by atoms with Gasteiger partial charge >= 0.3 is 11.5 Å². The molecule has 0 radical (unpaired) electrons. The van der Waals surface area contributed by atoms with Crippen molar-refractivity contribution in [3.05, 3.63) is 106 Å². The largest absolute Gasteiger partial charge is 0.454 e. The van der Waals surface area contributed by atoms with Crippen LogP contribution in [0.1, 0.15) is 252 Å². The third-order valence-electron chi connectivity index (χ3n) is 36.4. The molecule has 4 aromatic heterocycles. The van der Waals surface area contributed by atoms with Crippen molar-refractivity contribution >= 4 is 23.1 Å². The van der Waals surface area contributed by atoms with E-state index in [1.807, 2.05) is 31.7 Å². The molecular weight excluding hydrogens is 1520 g/mol. The molecule has 13 N–H and O–H groups in total. The number of hydrogen-bond acceptors (Lipinski definition) is 16. The van der Waals surface area contributed by atoms with Gasteiger partial charge in [0.1, 0.15) is 0 Å². The maximum Gasteiger partial charge on any atom is 0.407 e. The quantitative estimate of drug-likeness (QED) is 0.0345. The van der Waals surface area contributed by atoms with Gasteiger partial charge in [0.25, 0.3) is 0 Å².